The van der Waals surface area contributed by atoms with Crippen LogP contribution in [-0.4, -0.2) is 35.7 Å². The Hall–Kier alpha value is -2.67. The summed E-state index contributed by atoms with van der Waals surface area (Å²) in [5.41, 5.74) is 2.95. The van der Waals surface area contributed by atoms with Gasteiger partial charge in [0.1, 0.15) is 0 Å². The highest BCUT2D eigenvalue weighted by Crippen LogP contribution is 2.25. The first-order chi connectivity index (χ1) is 14.4. The van der Waals surface area contributed by atoms with Crippen molar-refractivity contribution in [3.05, 3.63) is 58.1 Å². The number of carbonyl (C=O) groups is 3. The summed E-state index contributed by atoms with van der Waals surface area (Å²) in [5, 5.41) is 5.81. The van der Waals surface area contributed by atoms with E-state index in [0.717, 1.165) is 10.0 Å². The highest BCUT2D eigenvalue weighted by atomic mass is 79.9. The first-order valence-electron chi connectivity index (χ1n) is 10.1. The van der Waals surface area contributed by atoms with Crippen LogP contribution in [0.25, 0.3) is 0 Å². The molecule has 0 aromatic heterocycles. The molecule has 7 heteroatoms. The van der Waals surface area contributed by atoms with Gasteiger partial charge in [0.2, 0.25) is 11.8 Å². The molecule has 1 aliphatic heterocycles. The van der Waals surface area contributed by atoms with Crippen LogP contribution in [0.15, 0.2) is 46.9 Å². The fraction of sp³-hybridized carbons (Fsp3) is 0.348. The third kappa shape index (κ3) is 5.48. The molecule has 2 aromatic rings. The van der Waals surface area contributed by atoms with Gasteiger partial charge in [0.25, 0.3) is 5.91 Å². The number of likely N-dealkylation sites (tertiary alicyclic amines) is 1. The maximum absolute atomic E-state index is 12.8. The molecule has 3 amide bonds. The number of piperidine rings is 1. The number of hydrogen-bond donors (Lipinski definition) is 2. The number of benzene rings is 2. The zero-order chi connectivity index (χ0) is 21.7. The van der Waals surface area contributed by atoms with Crippen LogP contribution in [0.5, 0.6) is 0 Å². The molecule has 3 rings (SSSR count). The second kappa shape index (κ2) is 9.89. The van der Waals surface area contributed by atoms with E-state index in [1.165, 1.54) is 0 Å². The third-order valence-corrected chi connectivity index (χ3v) is 5.87. The van der Waals surface area contributed by atoms with Crippen molar-refractivity contribution < 1.29 is 14.4 Å². The zero-order valence-corrected chi connectivity index (χ0v) is 18.8. The van der Waals surface area contributed by atoms with E-state index in [-0.39, 0.29) is 23.6 Å². The van der Waals surface area contributed by atoms with Crippen LogP contribution in [0, 0.1) is 12.8 Å². The van der Waals surface area contributed by atoms with Crippen molar-refractivity contribution in [1.82, 2.24) is 4.90 Å². The average Bonchev–Trinajstić information content (AvgIpc) is 2.76. The van der Waals surface area contributed by atoms with Crippen LogP contribution in [0.3, 0.4) is 0 Å². The number of hydrogen-bond acceptors (Lipinski definition) is 3. The van der Waals surface area contributed by atoms with Crippen molar-refractivity contribution in [3.8, 4) is 0 Å². The minimum absolute atomic E-state index is 0.00318. The Bertz CT molecular complexity index is 935. The summed E-state index contributed by atoms with van der Waals surface area (Å²) in [6.07, 6.45) is 1.64. The molecule has 0 unspecified atom stereocenters. The predicted molar refractivity (Wildman–Crippen MR) is 121 cm³/mol. The summed E-state index contributed by atoms with van der Waals surface area (Å²) < 4.78 is 0.933. The van der Waals surface area contributed by atoms with Crippen molar-refractivity contribution in [2.45, 2.75) is 33.1 Å². The van der Waals surface area contributed by atoms with Crippen molar-refractivity contribution >= 4 is 45.0 Å². The molecule has 6 nitrogen and oxygen atoms in total. The number of halogens is 1. The van der Waals surface area contributed by atoms with E-state index in [4.69, 9.17) is 0 Å². The molecule has 0 saturated carbocycles. The van der Waals surface area contributed by atoms with Gasteiger partial charge in [-0.2, -0.15) is 0 Å². The van der Waals surface area contributed by atoms with Gasteiger partial charge in [-0.05, 0) is 61.7 Å². The first-order valence-corrected chi connectivity index (χ1v) is 10.9. The number of anilines is 2. The van der Waals surface area contributed by atoms with Crippen LogP contribution in [0.1, 0.15) is 42.1 Å². The molecule has 0 radical (unpaired) electrons. The molecule has 30 heavy (non-hydrogen) atoms. The second-order valence-electron chi connectivity index (χ2n) is 7.49. The van der Waals surface area contributed by atoms with Gasteiger partial charge in [-0.25, -0.2) is 0 Å². The zero-order valence-electron chi connectivity index (χ0n) is 17.2. The predicted octanol–water partition coefficient (Wildman–Crippen LogP) is 4.60. The minimum Gasteiger partial charge on any atom is -0.339 e. The van der Waals surface area contributed by atoms with Crippen LogP contribution >= 0.6 is 15.9 Å². The summed E-state index contributed by atoms with van der Waals surface area (Å²) in [6, 6.07) is 12.8. The number of nitrogens with one attached hydrogen (secondary N) is 2. The summed E-state index contributed by atoms with van der Waals surface area (Å²) in [5.74, 6) is -0.268. The number of amides is 3. The molecular weight excluding hydrogens is 446 g/mol. The fourth-order valence-electron chi connectivity index (χ4n) is 3.44. The van der Waals surface area contributed by atoms with E-state index in [1.807, 2.05) is 31.2 Å². The standard InChI is InChI=1S/C23H26BrN3O3/c1-3-21(28)25-19-9-4-15(2)20(14-19)26-22(29)16-10-12-27(13-11-16)23(30)17-5-7-18(24)8-6-17/h4-9,14,16H,3,10-13H2,1-2H3,(H,25,28)(H,26,29). The average molecular weight is 472 g/mol. The molecule has 0 aliphatic carbocycles. The second-order valence-corrected chi connectivity index (χ2v) is 8.41. The van der Waals surface area contributed by atoms with E-state index in [2.05, 4.69) is 26.6 Å². The first kappa shape index (κ1) is 22.0. The van der Waals surface area contributed by atoms with Gasteiger partial charge in [0.05, 0.1) is 0 Å². The summed E-state index contributed by atoms with van der Waals surface area (Å²) >= 11 is 3.38. The van der Waals surface area contributed by atoms with Crippen molar-refractivity contribution in [1.29, 1.82) is 0 Å². The Morgan fingerprint density at radius 3 is 2.33 bits per heavy atom. The van der Waals surface area contributed by atoms with Gasteiger partial charge in [-0.15, -0.1) is 0 Å². The van der Waals surface area contributed by atoms with Gasteiger partial charge in [0, 0.05) is 46.8 Å². The van der Waals surface area contributed by atoms with Crippen LogP contribution in [0.2, 0.25) is 0 Å². The smallest absolute Gasteiger partial charge is 0.253 e. The number of carbonyl (C=O) groups excluding carboxylic acids is 3. The molecule has 1 heterocycles. The van der Waals surface area contributed by atoms with Gasteiger partial charge in [0.15, 0.2) is 0 Å². The Morgan fingerprint density at radius 2 is 1.70 bits per heavy atom. The molecule has 2 aromatic carbocycles. The van der Waals surface area contributed by atoms with Crippen LogP contribution < -0.4 is 10.6 Å². The highest BCUT2D eigenvalue weighted by molar-refractivity contribution is 9.10. The minimum atomic E-state index is -0.146. The largest absolute Gasteiger partial charge is 0.339 e. The molecular formula is C23H26BrN3O3. The van der Waals surface area contributed by atoms with Crippen LogP contribution in [0.4, 0.5) is 11.4 Å². The van der Waals surface area contributed by atoms with E-state index < -0.39 is 0 Å². The van der Waals surface area contributed by atoms with Crippen molar-refractivity contribution in [2.24, 2.45) is 5.92 Å². The van der Waals surface area contributed by atoms with Gasteiger partial charge in [-0.3, -0.25) is 14.4 Å². The summed E-state index contributed by atoms with van der Waals surface area (Å²) in [6.45, 7) is 4.82. The van der Waals surface area contributed by atoms with E-state index in [1.54, 1.807) is 30.0 Å². The highest BCUT2D eigenvalue weighted by Gasteiger charge is 2.28. The fourth-order valence-corrected chi connectivity index (χ4v) is 3.70. The molecule has 1 saturated heterocycles. The Labute approximate surface area is 185 Å². The van der Waals surface area contributed by atoms with Crippen molar-refractivity contribution in [2.75, 3.05) is 23.7 Å². The SMILES string of the molecule is CCC(=O)Nc1ccc(C)c(NC(=O)C2CCN(C(=O)c3ccc(Br)cc3)CC2)c1. The lowest BCUT2D eigenvalue weighted by molar-refractivity contribution is -0.121. The summed E-state index contributed by atoms with van der Waals surface area (Å²) in [7, 11) is 0. The quantitative estimate of drug-likeness (QED) is 0.668. The van der Waals surface area contributed by atoms with E-state index >= 15 is 0 Å². The Balaban J connectivity index is 1.58. The molecule has 0 atom stereocenters. The topological polar surface area (TPSA) is 78.5 Å². The van der Waals surface area contributed by atoms with E-state index in [0.29, 0.717) is 49.3 Å². The molecule has 0 spiro atoms. The maximum Gasteiger partial charge on any atom is 0.253 e. The molecule has 1 fully saturated rings. The maximum atomic E-state index is 12.8. The molecule has 1 aliphatic rings. The van der Waals surface area contributed by atoms with E-state index in [9.17, 15) is 14.4 Å². The molecule has 2 N–H and O–H groups in total. The number of rotatable bonds is 5. The lowest BCUT2D eigenvalue weighted by atomic mass is 9.95. The van der Waals surface area contributed by atoms with Crippen molar-refractivity contribution in [3.63, 3.8) is 0 Å². The van der Waals surface area contributed by atoms with Gasteiger partial charge < -0.3 is 15.5 Å². The Morgan fingerprint density at radius 1 is 1.03 bits per heavy atom. The summed E-state index contributed by atoms with van der Waals surface area (Å²) in [4.78, 5) is 38.9. The third-order valence-electron chi connectivity index (χ3n) is 5.34. The lowest BCUT2D eigenvalue weighted by Crippen LogP contribution is -2.41. The molecule has 158 valence electrons. The normalized spacial score (nSPS) is 14.3. The van der Waals surface area contributed by atoms with Gasteiger partial charge >= 0.3 is 0 Å². The monoisotopic (exact) mass is 471 g/mol. The lowest BCUT2D eigenvalue weighted by Gasteiger charge is -2.31. The van der Waals surface area contributed by atoms with Crippen LogP contribution in [-0.2, 0) is 9.59 Å². The van der Waals surface area contributed by atoms with Gasteiger partial charge in [-0.1, -0.05) is 28.9 Å². The molecule has 0 bridgehead atoms. The Kier molecular flexibility index (Phi) is 7.26. The number of aryl methyl sites for hydroxylation is 1. The number of nitrogens with zero attached hydrogens (tertiary/aromatic N) is 1.